The van der Waals surface area contributed by atoms with Crippen LogP contribution in [0.2, 0.25) is 0 Å². The van der Waals surface area contributed by atoms with Gasteiger partial charge in [0.25, 0.3) is 0 Å². The lowest BCUT2D eigenvalue weighted by Gasteiger charge is -2.15. The SMILES string of the molecule is CCc1cc2ccccc2c2c1O[P+](=O)Oc1c(CC)cc3ccccc3c1-2. The number of hydrogen-bond acceptors (Lipinski definition) is 3. The molecule has 1 heterocycles. The van der Waals surface area contributed by atoms with Crippen LogP contribution in [0.4, 0.5) is 0 Å². The van der Waals surface area contributed by atoms with Crippen molar-refractivity contribution in [3.05, 3.63) is 71.8 Å². The highest BCUT2D eigenvalue weighted by Crippen LogP contribution is 2.54. The Bertz CT molecular complexity index is 1160. The molecule has 0 radical (unpaired) electrons. The van der Waals surface area contributed by atoms with Crippen LogP contribution in [0.1, 0.15) is 25.0 Å². The van der Waals surface area contributed by atoms with Crippen molar-refractivity contribution < 1.29 is 13.6 Å². The lowest BCUT2D eigenvalue weighted by Crippen LogP contribution is -1.94. The highest BCUT2D eigenvalue weighted by atomic mass is 31.1. The maximum Gasteiger partial charge on any atom is 0.805 e. The van der Waals surface area contributed by atoms with Crippen molar-refractivity contribution in [2.75, 3.05) is 0 Å². The van der Waals surface area contributed by atoms with Gasteiger partial charge >= 0.3 is 8.25 Å². The van der Waals surface area contributed by atoms with Gasteiger partial charge in [-0.3, -0.25) is 0 Å². The molecule has 4 aromatic carbocycles. The van der Waals surface area contributed by atoms with Gasteiger partial charge < -0.3 is 0 Å². The van der Waals surface area contributed by atoms with Gasteiger partial charge in [-0.2, -0.15) is 0 Å². The van der Waals surface area contributed by atoms with Gasteiger partial charge in [-0.15, -0.1) is 0 Å². The Morgan fingerprint density at radius 2 is 1.14 bits per heavy atom. The zero-order valence-electron chi connectivity index (χ0n) is 15.9. The van der Waals surface area contributed by atoms with Crippen LogP contribution in [0.25, 0.3) is 32.7 Å². The van der Waals surface area contributed by atoms with Crippen LogP contribution in [0, 0.1) is 0 Å². The molecule has 138 valence electrons. The van der Waals surface area contributed by atoms with Gasteiger partial charge in [0.1, 0.15) is 0 Å². The molecule has 0 fully saturated rings. The van der Waals surface area contributed by atoms with Crippen LogP contribution in [0.3, 0.4) is 0 Å². The summed E-state index contributed by atoms with van der Waals surface area (Å²) in [5.74, 6) is 1.36. The lowest BCUT2D eigenvalue weighted by molar-refractivity contribution is 0.418. The Morgan fingerprint density at radius 3 is 1.57 bits per heavy atom. The first-order valence-electron chi connectivity index (χ1n) is 9.64. The smallest absolute Gasteiger partial charge is 0.221 e. The molecule has 0 saturated heterocycles. The molecular weight excluding hydrogens is 367 g/mol. The number of aryl methyl sites for hydroxylation is 2. The van der Waals surface area contributed by atoms with Crippen molar-refractivity contribution >= 4 is 29.8 Å². The molecule has 0 saturated carbocycles. The van der Waals surface area contributed by atoms with Crippen LogP contribution in [0.5, 0.6) is 11.5 Å². The summed E-state index contributed by atoms with van der Waals surface area (Å²) in [7, 11) is -2.30. The number of fused-ring (bicyclic) bond motifs is 7. The quantitative estimate of drug-likeness (QED) is 0.341. The van der Waals surface area contributed by atoms with Gasteiger partial charge in [-0.05, 0) is 46.5 Å². The predicted molar refractivity (Wildman–Crippen MR) is 115 cm³/mol. The average Bonchev–Trinajstić information content (AvgIpc) is 2.88. The molecule has 1 aliphatic rings. The molecule has 28 heavy (non-hydrogen) atoms. The van der Waals surface area contributed by atoms with Crippen molar-refractivity contribution in [2.24, 2.45) is 0 Å². The first kappa shape index (κ1) is 17.2. The summed E-state index contributed by atoms with van der Waals surface area (Å²) in [4.78, 5) is 0. The second-order valence-corrected chi connectivity index (χ2v) is 7.85. The third kappa shape index (κ3) is 2.51. The van der Waals surface area contributed by atoms with E-state index in [2.05, 4.69) is 50.2 Å². The summed E-state index contributed by atoms with van der Waals surface area (Å²) in [6.45, 7) is 4.18. The Balaban J connectivity index is 2.06. The number of benzene rings is 4. The van der Waals surface area contributed by atoms with E-state index in [1.165, 1.54) is 0 Å². The Kier molecular flexibility index (Phi) is 4.07. The molecule has 0 unspecified atom stereocenters. The molecule has 3 nitrogen and oxygen atoms in total. The maximum atomic E-state index is 12.7. The van der Waals surface area contributed by atoms with Gasteiger partial charge in [0.05, 0.1) is 0 Å². The topological polar surface area (TPSA) is 35.5 Å². The van der Waals surface area contributed by atoms with Gasteiger partial charge in [-0.25, -0.2) is 9.05 Å². The largest absolute Gasteiger partial charge is 0.805 e. The first-order valence-corrected chi connectivity index (χ1v) is 10.7. The monoisotopic (exact) mass is 387 g/mol. The number of rotatable bonds is 2. The van der Waals surface area contributed by atoms with Crippen LogP contribution in [-0.4, -0.2) is 0 Å². The van der Waals surface area contributed by atoms with Crippen molar-refractivity contribution in [3.8, 4) is 22.6 Å². The van der Waals surface area contributed by atoms with Crippen LogP contribution < -0.4 is 9.05 Å². The van der Waals surface area contributed by atoms with E-state index in [1.54, 1.807) is 0 Å². The normalized spacial score (nSPS) is 12.9. The van der Waals surface area contributed by atoms with Crippen molar-refractivity contribution in [2.45, 2.75) is 26.7 Å². The molecular formula is C24H20O3P+. The van der Waals surface area contributed by atoms with Crippen LogP contribution in [0.15, 0.2) is 60.7 Å². The standard InChI is InChI=1S/C24H20O3P/c1-3-15-13-17-9-5-7-11-19(17)21-22-20-12-8-6-10-18(20)14-16(4-2)24(22)27-28(25)26-23(15)21/h5-14H,3-4H2,1-2H3/q+1. The molecule has 0 bridgehead atoms. The third-order valence-corrected chi connectivity index (χ3v) is 6.16. The van der Waals surface area contributed by atoms with E-state index in [-0.39, 0.29) is 0 Å². The molecule has 4 aromatic rings. The molecule has 0 amide bonds. The van der Waals surface area contributed by atoms with Crippen LogP contribution >= 0.6 is 8.25 Å². The predicted octanol–water partition coefficient (Wildman–Crippen LogP) is 7.21. The van der Waals surface area contributed by atoms with Gasteiger partial charge in [-0.1, -0.05) is 62.4 Å². The van der Waals surface area contributed by atoms with Gasteiger partial charge in [0.15, 0.2) is 0 Å². The van der Waals surface area contributed by atoms with E-state index < -0.39 is 8.25 Å². The second-order valence-electron chi connectivity index (χ2n) is 7.04. The second kappa shape index (κ2) is 6.61. The fourth-order valence-electron chi connectivity index (χ4n) is 4.17. The summed E-state index contributed by atoms with van der Waals surface area (Å²) < 4.78 is 24.5. The zero-order chi connectivity index (χ0) is 19.3. The van der Waals surface area contributed by atoms with Gasteiger partial charge in [0.2, 0.25) is 11.5 Å². The van der Waals surface area contributed by atoms with E-state index in [4.69, 9.17) is 9.05 Å². The summed E-state index contributed by atoms with van der Waals surface area (Å²) in [6, 6.07) is 20.9. The molecule has 0 aromatic heterocycles. The van der Waals surface area contributed by atoms with E-state index >= 15 is 0 Å². The third-order valence-electron chi connectivity index (χ3n) is 5.50. The Labute approximate surface area is 164 Å². The summed E-state index contributed by atoms with van der Waals surface area (Å²) in [5.41, 5.74) is 4.05. The fraction of sp³-hybridized carbons (Fsp3) is 0.167. The molecule has 5 rings (SSSR count). The molecule has 0 aliphatic carbocycles. The zero-order valence-corrected chi connectivity index (χ0v) is 16.8. The highest BCUT2D eigenvalue weighted by Gasteiger charge is 2.37. The lowest BCUT2D eigenvalue weighted by atomic mass is 9.88. The fourth-order valence-corrected chi connectivity index (χ4v) is 4.92. The minimum atomic E-state index is -2.30. The highest BCUT2D eigenvalue weighted by molar-refractivity contribution is 7.34. The summed E-state index contributed by atoms with van der Waals surface area (Å²) in [6.07, 6.45) is 1.58. The van der Waals surface area contributed by atoms with Crippen molar-refractivity contribution in [1.29, 1.82) is 0 Å². The van der Waals surface area contributed by atoms with Crippen molar-refractivity contribution in [1.82, 2.24) is 0 Å². The molecule has 0 N–H and O–H groups in total. The molecule has 0 spiro atoms. The van der Waals surface area contributed by atoms with E-state index in [9.17, 15) is 4.57 Å². The van der Waals surface area contributed by atoms with E-state index in [1.807, 2.05) is 24.3 Å². The van der Waals surface area contributed by atoms with Gasteiger partial charge in [0, 0.05) is 26.8 Å². The van der Waals surface area contributed by atoms with Crippen molar-refractivity contribution in [3.63, 3.8) is 0 Å². The Hall–Kier alpha value is -2.90. The molecule has 1 aliphatic heterocycles. The summed E-state index contributed by atoms with van der Waals surface area (Å²) >= 11 is 0. The van der Waals surface area contributed by atoms with E-state index in [0.717, 1.165) is 56.6 Å². The van der Waals surface area contributed by atoms with E-state index in [0.29, 0.717) is 11.5 Å². The average molecular weight is 387 g/mol. The van der Waals surface area contributed by atoms with Crippen LogP contribution in [-0.2, 0) is 17.4 Å². The number of hydrogen-bond donors (Lipinski definition) is 0. The first-order chi connectivity index (χ1) is 13.7. The molecule has 0 atom stereocenters. The maximum absolute atomic E-state index is 12.7. The summed E-state index contributed by atoms with van der Waals surface area (Å²) in [5, 5.41) is 4.47. The molecule has 4 heteroatoms. The minimum absolute atomic E-state index is 0.680. The minimum Gasteiger partial charge on any atom is -0.221 e. The Morgan fingerprint density at radius 1 is 0.714 bits per heavy atom.